The van der Waals surface area contributed by atoms with E-state index < -0.39 is 41.3 Å². The number of carbonyl (C=O) groups excluding carboxylic acids is 2. The number of nitrogens with zero attached hydrogens (tertiary/aromatic N) is 3. The zero-order chi connectivity index (χ0) is 36.5. The third-order valence-electron chi connectivity index (χ3n) is 5.92. The average molecular weight is 881 g/mol. The molecule has 0 fully saturated rings. The predicted octanol–water partition coefficient (Wildman–Crippen LogP) is 6.78. The fraction of sp³-hybridized carbons (Fsp3) is 0.111. The molecule has 0 saturated carbocycles. The summed E-state index contributed by atoms with van der Waals surface area (Å²) in [6.45, 7) is 5.00. The molecule has 1 radical (unpaired) electrons. The molecule has 267 valence electrons. The number of halogens is 4. The van der Waals surface area contributed by atoms with E-state index in [0.717, 1.165) is 24.3 Å². The first-order chi connectivity index (χ1) is 23.9. The monoisotopic (exact) mass is 881 g/mol. The van der Waals surface area contributed by atoms with Crippen LogP contribution >= 0.6 is 0 Å². The Morgan fingerprint density at radius 1 is 0.824 bits per heavy atom. The van der Waals surface area contributed by atoms with Gasteiger partial charge in [0, 0.05) is 73.1 Å². The molecule has 1 amide bonds. The standard InChI is InChI=1S/C14H16N2O6.2C11H6F2N.Ir/c1-9(2)13(19)21-6-5-15-14(20)22-8-10-3-4-11(12(17)18)16-7-10;2*12-8-4-5-9(10(13)7-8)11-3-1-2-6-14-11;/h3-4,7H,1,5-6,8H2,2H3,(H,15,20)(H,17,18);2*1-4,6-7H;/q;2*-1;. The van der Waals surface area contributed by atoms with Crippen LogP contribution in [0, 0.1) is 35.4 Å². The molecule has 0 saturated heterocycles. The Balaban J connectivity index is 0.000000272. The van der Waals surface area contributed by atoms with Crippen molar-refractivity contribution in [1.82, 2.24) is 20.3 Å². The number of carboxylic acids is 1. The van der Waals surface area contributed by atoms with Crippen LogP contribution in [0.1, 0.15) is 23.0 Å². The van der Waals surface area contributed by atoms with Crippen molar-refractivity contribution >= 4 is 18.0 Å². The molecule has 10 nitrogen and oxygen atoms in total. The van der Waals surface area contributed by atoms with Gasteiger partial charge in [0.25, 0.3) is 0 Å². The number of carbonyl (C=O) groups is 3. The van der Waals surface area contributed by atoms with E-state index in [1.165, 1.54) is 25.3 Å². The molecule has 51 heavy (non-hydrogen) atoms. The summed E-state index contributed by atoms with van der Waals surface area (Å²) in [5.74, 6) is -4.23. The normalized spacial score (nSPS) is 9.75. The second-order valence-corrected chi connectivity index (χ2v) is 9.79. The third-order valence-corrected chi connectivity index (χ3v) is 5.92. The second kappa shape index (κ2) is 21.3. The largest absolute Gasteiger partial charge is 0.477 e. The number of rotatable bonds is 9. The van der Waals surface area contributed by atoms with Crippen LogP contribution in [0.3, 0.4) is 0 Å². The van der Waals surface area contributed by atoms with Crippen molar-refractivity contribution in [3.63, 3.8) is 0 Å². The van der Waals surface area contributed by atoms with Gasteiger partial charge < -0.3 is 29.9 Å². The van der Waals surface area contributed by atoms with Crippen molar-refractivity contribution in [2.75, 3.05) is 13.2 Å². The van der Waals surface area contributed by atoms with Gasteiger partial charge >= 0.3 is 18.0 Å². The molecule has 5 aromatic rings. The van der Waals surface area contributed by atoms with Crippen LogP contribution in [0.4, 0.5) is 22.4 Å². The number of hydrogen-bond donors (Lipinski definition) is 2. The third kappa shape index (κ3) is 14.3. The molecule has 0 aliphatic carbocycles. The van der Waals surface area contributed by atoms with Crippen LogP contribution in [-0.2, 0) is 41.0 Å². The minimum atomic E-state index is -1.13. The van der Waals surface area contributed by atoms with Gasteiger partial charge in [-0.05, 0) is 36.5 Å². The number of nitrogens with one attached hydrogen (secondary N) is 1. The van der Waals surface area contributed by atoms with E-state index in [2.05, 4.69) is 39.0 Å². The molecule has 0 aliphatic heterocycles. The fourth-order valence-electron chi connectivity index (χ4n) is 3.56. The number of aromatic nitrogens is 3. The molecule has 0 aliphatic rings. The van der Waals surface area contributed by atoms with E-state index in [1.807, 2.05) is 0 Å². The first kappa shape index (κ1) is 41.4. The number of aromatic carboxylic acids is 1. The molecule has 0 spiro atoms. The van der Waals surface area contributed by atoms with Gasteiger partial charge in [0.15, 0.2) is 0 Å². The summed E-state index contributed by atoms with van der Waals surface area (Å²) in [5, 5.41) is 11.1. The number of pyridine rings is 3. The van der Waals surface area contributed by atoms with Gasteiger partial charge in [0.1, 0.15) is 18.9 Å². The Bertz CT molecular complexity index is 1820. The van der Waals surface area contributed by atoms with E-state index in [9.17, 15) is 31.9 Å². The van der Waals surface area contributed by atoms with Crippen molar-refractivity contribution in [2.24, 2.45) is 0 Å². The van der Waals surface area contributed by atoms with Gasteiger partial charge in [-0.25, -0.2) is 19.4 Å². The van der Waals surface area contributed by atoms with Crippen molar-refractivity contribution in [3.8, 4) is 22.5 Å². The Morgan fingerprint density at radius 2 is 1.37 bits per heavy atom. The van der Waals surface area contributed by atoms with Gasteiger partial charge in [0.05, 0.1) is 6.54 Å². The van der Waals surface area contributed by atoms with Crippen LogP contribution in [0.5, 0.6) is 0 Å². The Labute approximate surface area is 303 Å². The maximum Gasteiger partial charge on any atom is 0.407 e. The number of carboxylic acid groups (broad SMARTS) is 1. The number of benzene rings is 2. The van der Waals surface area contributed by atoms with Gasteiger partial charge in [-0.3, -0.25) is 17.6 Å². The summed E-state index contributed by atoms with van der Waals surface area (Å²) < 4.78 is 61.3. The van der Waals surface area contributed by atoms with Crippen LogP contribution in [0.2, 0.25) is 0 Å². The topological polar surface area (TPSA) is 141 Å². The summed E-state index contributed by atoms with van der Waals surface area (Å²) >= 11 is 0. The average Bonchev–Trinajstić information content (AvgIpc) is 3.10. The molecule has 5 rings (SSSR count). The smallest absolute Gasteiger partial charge is 0.407 e. The quantitative estimate of drug-likeness (QED) is 0.0540. The second-order valence-electron chi connectivity index (χ2n) is 9.79. The molecular formula is C36H28F4IrN4O6-2. The predicted molar refractivity (Wildman–Crippen MR) is 172 cm³/mol. The number of hydrogen-bond acceptors (Lipinski definition) is 8. The number of esters is 1. The summed E-state index contributed by atoms with van der Waals surface area (Å²) in [4.78, 5) is 44.6. The summed E-state index contributed by atoms with van der Waals surface area (Å²) in [7, 11) is 0. The number of ether oxygens (including phenoxy) is 2. The summed E-state index contributed by atoms with van der Waals surface area (Å²) in [6.07, 6.45) is 3.72. The Morgan fingerprint density at radius 3 is 1.78 bits per heavy atom. The van der Waals surface area contributed by atoms with Crippen molar-refractivity contribution < 1.29 is 66.6 Å². The van der Waals surface area contributed by atoms with Crippen molar-refractivity contribution in [2.45, 2.75) is 13.5 Å². The molecule has 15 heteroatoms. The van der Waals surface area contributed by atoms with E-state index in [-0.39, 0.29) is 62.3 Å². The van der Waals surface area contributed by atoms with E-state index in [1.54, 1.807) is 48.8 Å². The molecule has 0 unspecified atom stereocenters. The SMILES string of the molecule is C=C(C)C(=O)OCCNC(=O)OCc1ccc(C(=O)O)nc1.Fc1c[c-]c(-c2ccccn2)c(F)c1.Fc1c[c-]c(-c2ccccn2)c(F)c1.[Ir]. The minimum absolute atomic E-state index is 0. The molecule has 0 bridgehead atoms. The molecule has 2 N–H and O–H groups in total. The zero-order valence-corrected chi connectivity index (χ0v) is 29.1. The van der Waals surface area contributed by atoms with Crippen LogP contribution < -0.4 is 5.32 Å². The van der Waals surface area contributed by atoms with E-state index in [4.69, 9.17) is 14.6 Å². The summed E-state index contributed by atoms with van der Waals surface area (Å²) in [5.41, 5.74) is 2.01. The fourth-order valence-corrected chi connectivity index (χ4v) is 3.56. The maximum atomic E-state index is 13.2. The van der Waals surface area contributed by atoms with Crippen molar-refractivity contribution in [1.29, 1.82) is 0 Å². The number of alkyl carbamates (subject to hydrolysis) is 1. The molecular weight excluding hydrogens is 853 g/mol. The van der Waals surface area contributed by atoms with Crippen molar-refractivity contribution in [3.05, 3.63) is 150 Å². The maximum absolute atomic E-state index is 13.2. The Kier molecular flexibility index (Phi) is 17.3. The summed E-state index contributed by atoms with van der Waals surface area (Å²) in [6, 6.07) is 21.9. The van der Waals surface area contributed by atoms with E-state index >= 15 is 0 Å². The first-order valence-electron chi connectivity index (χ1n) is 14.4. The molecule has 0 atom stereocenters. The van der Waals surface area contributed by atoms with Gasteiger partial charge in [-0.1, -0.05) is 60.2 Å². The number of amides is 1. The van der Waals surface area contributed by atoms with Gasteiger partial charge in [-0.2, -0.15) is 0 Å². The first-order valence-corrected chi connectivity index (χ1v) is 14.4. The van der Waals surface area contributed by atoms with Crippen LogP contribution in [0.15, 0.2) is 104 Å². The molecule has 3 heterocycles. The van der Waals surface area contributed by atoms with Crippen LogP contribution in [-0.4, -0.2) is 51.2 Å². The van der Waals surface area contributed by atoms with Gasteiger partial charge in [0.2, 0.25) is 0 Å². The van der Waals surface area contributed by atoms with Crippen LogP contribution in [0.25, 0.3) is 22.5 Å². The zero-order valence-electron chi connectivity index (χ0n) is 26.7. The minimum Gasteiger partial charge on any atom is -0.477 e. The Hall–Kier alpha value is -5.79. The van der Waals surface area contributed by atoms with E-state index in [0.29, 0.717) is 17.0 Å². The van der Waals surface area contributed by atoms with Gasteiger partial charge in [-0.15, -0.1) is 24.3 Å². The molecule has 3 aromatic heterocycles. The molecule has 2 aromatic carbocycles.